The summed E-state index contributed by atoms with van der Waals surface area (Å²) in [5, 5.41) is 12.7. The number of aryl methyl sites for hydroxylation is 1. The third-order valence-corrected chi connectivity index (χ3v) is 4.17. The van der Waals surface area contributed by atoms with Crippen LogP contribution in [-0.4, -0.2) is 11.9 Å². The summed E-state index contributed by atoms with van der Waals surface area (Å²) in [5.74, 6) is 0.192. The van der Waals surface area contributed by atoms with Crippen LogP contribution in [0.5, 0.6) is 0 Å². The number of aromatic nitrogens is 1. The van der Waals surface area contributed by atoms with Crippen molar-refractivity contribution >= 4 is 6.08 Å². The number of rotatable bonds is 2. The highest BCUT2D eigenvalue weighted by molar-refractivity contribution is 5.58. The van der Waals surface area contributed by atoms with Crippen LogP contribution in [0.15, 0.2) is 77.6 Å². The van der Waals surface area contributed by atoms with Gasteiger partial charge >= 0.3 is 0 Å². The Labute approximate surface area is 137 Å². The van der Waals surface area contributed by atoms with E-state index in [4.69, 9.17) is 0 Å². The Kier molecular flexibility index (Phi) is 4.47. The minimum absolute atomic E-state index is 0.192. The van der Waals surface area contributed by atoms with E-state index in [1.807, 2.05) is 84.8 Å². The van der Waals surface area contributed by atoms with E-state index < -0.39 is 0 Å². The maximum atomic E-state index is 12.7. The number of nitrogens with zero attached hydrogens (tertiary/aromatic N) is 2. The van der Waals surface area contributed by atoms with E-state index in [1.165, 1.54) is 0 Å². The smallest absolute Gasteiger partial charge is 0.169 e. The molecule has 0 bridgehead atoms. The zero-order valence-corrected chi connectivity index (χ0v) is 13.7. The zero-order chi connectivity index (χ0) is 16.2. The predicted molar refractivity (Wildman–Crippen MR) is 90.6 cm³/mol. The lowest BCUT2D eigenvalue weighted by Gasteiger charge is -2.26. The van der Waals surface area contributed by atoms with E-state index in [9.17, 15) is 5.11 Å². The molecule has 0 fully saturated rings. The average molecular weight is 306 g/mol. The molecule has 3 nitrogen and oxygen atoms in total. The van der Waals surface area contributed by atoms with Crippen LogP contribution < -0.4 is 9.67 Å². The van der Waals surface area contributed by atoms with Crippen molar-refractivity contribution in [2.24, 2.45) is 7.05 Å². The van der Waals surface area contributed by atoms with Gasteiger partial charge in [-0.25, -0.2) is 4.57 Å². The summed E-state index contributed by atoms with van der Waals surface area (Å²) in [6.07, 6.45) is 18.9. The number of allylic oxidation sites excluding steroid dienone is 6. The third kappa shape index (κ3) is 3.81. The predicted octanol–water partition coefficient (Wildman–Crippen LogP) is 2.59. The van der Waals surface area contributed by atoms with Gasteiger partial charge in [0, 0.05) is 31.6 Å². The normalized spacial score (nSPS) is 19.7. The lowest BCUT2D eigenvalue weighted by Crippen LogP contribution is -2.25. The Balaban J connectivity index is 1.89. The van der Waals surface area contributed by atoms with Crippen molar-refractivity contribution in [2.45, 2.75) is 19.3 Å². The first-order valence-electron chi connectivity index (χ1n) is 7.98. The molecule has 2 heterocycles. The molecule has 0 saturated carbocycles. The first-order valence-corrected chi connectivity index (χ1v) is 7.98. The summed E-state index contributed by atoms with van der Waals surface area (Å²) in [5.41, 5.74) is 3.99. The second-order valence-electron chi connectivity index (χ2n) is 6.12. The molecule has 1 aromatic heterocycles. The van der Waals surface area contributed by atoms with Crippen LogP contribution >= 0.6 is 0 Å². The fraction of sp³-hybridized carbons (Fsp3) is 0.250. The molecule has 0 N–H and O–H groups in total. The van der Waals surface area contributed by atoms with Crippen molar-refractivity contribution in [1.82, 2.24) is 4.90 Å². The van der Waals surface area contributed by atoms with E-state index in [1.54, 1.807) is 0 Å². The van der Waals surface area contributed by atoms with Crippen LogP contribution in [0.4, 0.5) is 0 Å². The number of hydrogen-bond acceptors (Lipinski definition) is 2. The highest BCUT2D eigenvalue weighted by atomic mass is 16.3. The van der Waals surface area contributed by atoms with Gasteiger partial charge in [0.2, 0.25) is 0 Å². The molecule has 118 valence electrons. The van der Waals surface area contributed by atoms with Crippen molar-refractivity contribution in [2.75, 3.05) is 7.05 Å². The molecule has 1 aliphatic heterocycles. The molecule has 3 heteroatoms. The van der Waals surface area contributed by atoms with Crippen LogP contribution in [0.3, 0.4) is 0 Å². The second kappa shape index (κ2) is 6.69. The van der Waals surface area contributed by atoms with Gasteiger partial charge in [0.25, 0.3) is 0 Å². The van der Waals surface area contributed by atoms with Crippen LogP contribution in [0, 0.1) is 0 Å². The monoisotopic (exact) mass is 306 g/mol. The summed E-state index contributed by atoms with van der Waals surface area (Å²) < 4.78 is 1.99. The average Bonchev–Trinajstić information content (AvgIpc) is 2.55. The molecule has 0 amide bonds. The molecule has 0 atom stereocenters. The Bertz CT molecular complexity index is 717. The van der Waals surface area contributed by atoms with Crippen LogP contribution in [0.1, 0.15) is 24.8 Å². The van der Waals surface area contributed by atoms with E-state index in [0.29, 0.717) is 0 Å². The van der Waals surface area contributed by atoms with Gasteiger partial charge in [-0.05, 0) is 42.6 Å². The van der Waals surface area contributed by atoms with Crippen LogP contribution in [0.25, 0.3) is 6.08 Å². The first kappa shape index (κ1) is 15.3. The molecule has 2 aliphatic rings. The van der Waals surface area contributed by atoms with Gasteiger partial charge in [-0.2, -0.15) is 0 Å². The van der Waals surface area contributed by atoms with E-state index in [-0.39, 0.29) is 5.76 Å². The van der Waals surface area contributed by atoms with Crippen molar-refractivity contribution in [1.29, 1.82) is 0 Å². The van der Waals surface area contributed by atoms with Gasteiger partial charge in [0.05, 0.1) is 0 Å². The summed E-state index contributed by atoms with van der Waals surface area (Å²) in [6, 6.07) is 4.07. The lowest BCUT2D eigenvalue weighted by atomic mass is 9.90. The van der Waals surface area contributed by atoms with Gasteiger partial charge in [0.15, 0.2) is 12.4 Å². The molecular weight excluding hydrogens is 284 g/mol. The fourth-order valence-electron chi connectivity index (χ4n) is 2.80. The molecule has 1 aliphatic carbocycles. The lowest BCUT2D eigenvalue weighted by molar-refractivity contribution is -0.671. The molecule has 0 saturated heterocycles. The maximum absolute atomic E-state index is 12.7. The van der Waals surface area contributed by atoms with Crippen molar-refractivity contribution in [3.05, 3.63) is 83.2 Å². The molecule has 3 rings (SSSR count). The topological polar surface area (TPSA) is 30.2 Å². The van der Waals surface area contributed by atoms with Crippen molar-refractivity contribution in [3.8, 4) is 0 Å². The Morgan fingerprint density at radius 2 is 1.78 bits per heavy atom. The second-order valence-corrected chi connectivity index (χ2v) is 6.12. The highest BCUT2D eigenvalue weighted by Gasteiger charge is 2.10. The first-order chi connectivity index (χ1) is 11.1. The molecule has 0 spiro atoms. The Morgan fingerprint density at radius 3 is 2.48 bits per heavy atom. The van der Waals surface area contributed by atoms with E-state index in [0.717, 1.165) is 41.5 Å². The third-order valence-electron chi connectivity index (χ3n) is 4.17. The molecular formula is C20H22N2O. The Morgan fingerprint density at radius 1 is 1.09 bits per heavy atom. The maximum Gasteiger partial charge on any atom is 0.169 e. The zero-order valence-electron chi connectivity index (χ0n) is 13.7. The van der Waals surface area contributed by atoms with Gasteiger partial charge in [-0.1, -0.05) is 23.3 Å². The summed E-state index contributed by atoms with van der Waals surface area (Å²) >= 11 is 0. The highest BCUT2D eigenvalue weighted by Crippen LogP contribution is 2.29. The van der Waals surface area contributed by atoms with E-state index in [2.05, 4.69) is 0 Å². The quantitative estimate of drug-likeness (QED) is 0.786. The van der Waals surface area contributed by atoms with Crippen LogP contribution in [-0.2, 0) is 7.05 Å². The van der Waals surface area contributed by atoms with Crippen molar-refractivity contribution < 1.29 is 9.67 Å². The van der Waals surface area contributed by atoms with Gasteiger partial charge < -0.3 is 10.0 Å². The largest absolute Gasteiger partial charge is 0.872 e. The standard InChI is InChI=1S/C20H22N2O/c1-21-10-6-16(7-11-21)14-18-4-3-5-19(20(18)23)15-17-8-12-22(2)13-9-17/h6-15H,3-5H2,1-2H3. The van der Waals surface area contributed by atoms with Gasteiger partial charge in [0.1, 0.15) is 7.05 Å². The van der Waals surface area contributed by atoms with Gasteiger partial charge in [-0.15, -0.1) is 5.76 Å². The summed E-state index contributed by atoms with van der Waals surface area (Å²) in [4.78, 5) is 1.99. The number of hydrogen-bond donors (Lipinski definition) is 0. The SMILES string of the molecule is CN1C=CC(=CC2=C([O-])C(=Cc3cc[n+](C)cc3)CCC2)C=C1. The fourth-order valence-corrected chi connectivity index (χ4v) is 2.80. The Hall–Kier alpha value is -2.55. The van der Waals surface area contributed by atoms with Crippen molar-refractivity contribution in [3.63, 3.8) is 0 Å². The molecule has 1 aromatic rings. The number of pyridine rings is 1. The minimum Gasteiger partial charge on any atom is -0.872 e. The molecule has 0 aromatic carbocycles. The minimum atomic E-state index is 0.192. The van der Waals surface area contributed by atoms with E-state index >= 15 is 0 Å². The molecule has 0 unspecified atom stereocenters. The van der Waals surface area contributed by atoms with Crippen LogP contribution in [0.2, 0.25) is 0 Å². The molecule has 0 radical (unpaired) electrons. The summed E-state index contributed by atoms with van der Waals surface area (Å²) in [7, 11) is 3.98. The molecule has 23 heavy (non-hydrogen) atoms. The van der Waals surface area contributed by atoms with Gasteiger partial charge in [-0.3, -0.25) is 0 Å². The summed E-state index contributed by atoms with van der Waals surface area (Å²) in [6.45, 7) is 0.